The summed E-state index contributed by atoms with van der Waals surface area (Å²) in [6, 6.07) is 4.57. The van der Waals surface area contributed by atoms with E-state index >= 15 is 0 Å². The number of piperazine rings is 1. The number of carbonyl (C=O) groups excluding carboxylic acids is 1. The maximum Gasteiger partial charge on any atom is 0.419 e. The Morgan fingerprint density at radius 2 is 2.00 bits per heavy atom. The van der Waals surface area contributed by atoms with Crippen LogP contribution in [0.4, 0.5) is 24.7 Å². The van der Waals surface area contributed by atoms with Gasteiger partial charge in [-0.3, -0.25) is 4.79 Å². The number of aromatic nitrogens is 2. The molecule has 1 aromatic heterocycles. The topological polar surface area (TPSA) is 69.4 Å². The van der Waals surface area contributed by atoms with Gasteiger partial charge in [0.05, 0.1) is 35.1 Å². The molecule has 3 aliphatic rings. The molecule has 13 heteroatoms. The molecule has 1 saturated heterocycles. The van der Waals surface area contributed by atoms with Gasteiger partial charge in [0.1, 0.15) is 11.9 Å². The average molecular weight is 646 g/mol. The minimum Gasteiger partial charge on any atom is -0.463 e. The second kappa shape index (κ2) is 13.8. The molecule has 0 bridgehead atoms. The largest absolute Gasteiger partial charge is 0.463 e. The van der Waals surface area contributed by atoms with Crippen molar-refractivity contribution in [2.45, 2.75) is 57.4 Å². The van der Waals surface area contributed by atoms with Crippen molar-refractivity contribution in [2.75, 3.05) is 63.2 Å². The monoisotopic (exact) mass is 645 g/mol. The molecule has 3 heterocycles. The molecule has 2 aliphatic heterocycles. The van der Waals surface area contributed by atoms with Gasteiger partial charge in [-0.25, -0.2) is 6.57 Å². The Balaban J connectivity index is 1.46. The second-order valence-corrected chi connectivity index (χ2v) is 12.5. The van der Waals surface area contributed by atoms with Gasteiger partial charge >= 0.3 is 12.2 Å². The number of carbonyl (C=O) groups is 1. The van der Waals surface area contributed by atoms with Crippen LogP contribution in [0, 0.1) is 12.5 Å². The number of ether oxygens (including phenoxy) is 1. The van der Waals surface area contributed by atoms with Gasteiger partial charge in [0.2, 0.25) is 12.5 Å². The highest BCUT2D eigenvalue weighted by molar-refractivity contribution is 6.31. The number of amides is 1. The first-order valence-corrected chi connectivity index (χ1v) is 15.7. The number of rotatable bonds is 8. The zero-order valence-corrected chi connectivity index (χ0v) is 26.6. The maximum absolute atomic E-state index is 14.1. The van der Waals surface area contributed by atoms with E-state index in [0.717, 1.165) is 24.8 Å². The molecule has 1 amide bonds. The molecule has 0 spiro atoms. The van der Waals surface area contributed by atoms with Crippen molar-refractivity contribution < 1.29 is 22.7 Å². The minimum atomic E-state index is -4.62. The number of fused-ring (bicyclic) bond motifs is 1. The molecule has 1 aliphatic carbocycles. The highest BCUT2D eigenvalue weighted by Crippen LogP contribution is 2.43. The number of hydrogen-bond donors (Lipinski definition) is 0. The van der Waals surface area contributed by atoms with Crippen molar-refractivity contribution in [3.63, 3.8) is 0 Å². The first kappa shape index (κ1) is 32.8. The fourth-order valence-corrected chi connectivity index (χ4v) is 6.95. The first-order valence-electron chi connectivity index (χ1n) is 15.3. The first-order chi connectivity index (χ1) is 21.5. The van der Waals surface area contributed by atoms with Crippen LogP contribution in [0.15, 0.2) is 30.4 Å². The van der Waals surface area contributed by atoms with Crippen molar-refractivity contribution in [2.24, 2.45) is 5.92 Å². The molecule has 0 radical (unpaired) electrons. The molecule has 2 aromatic rings. The molecular weight excluding hydrogens is 607 g/mol. The van der Waals surface area contributed by atoms with Crippen LogP contribution in [-0.2, 0) is 23.9 Å². The van der Waals surface area contributed by atoms with Crippen molar-refractivity contribution in [1.29, 1.82) is 0 Å². The van der Waals surface area contributed by atoms with Gasteiger partial charge < -0.3 is 29.2 Å². The fourth-order valence-electron chi connectivity index (χ4n) is 6.68. The molecule has 1 aromatic carbocycles. The Morgan fingerprint density at radius 3 is 2.69 bits per heavy atom. The predicted molar refractivity (Wildman–Crippen MR) is 168 cm³/mol. The summed E-state index contributed by atoms with van der Waals surface area (Å²) in [5.41, 5.74) is 0.595. The van der Waals surface area contributed by atoms with Crippen molar-refractivity contribution >= 4 is 29.0 Å². The summed E-state index contributed by atoms with van der Waals surface area (Å²) >= 11 is 6.06. The Labute approximate surface area is 267 Å². The van der Waals surface area contributed by atoms with Gasteiger partial charge in [-0.15, -0.1) is 0 Å². The third kappa shape index (κ3) is 7.31. The van der Waals surface area contributed by atoms with Crippen molar-refractivity contribution in [3.8, 4) is 6.01 Å². The van der Waals surface area contributed by atoms with Gasteiger partial charge in [-0.05, 0) is 70.8 Å². The predicted octanol–water partition coefficient (Wildman–Crippen LogP) is 5.33. The average Bonchev–Trinajstić information content (AvgIpc) is 3.48. The lowest BCUT2D eigenvalue weighted by Gasteiger charge is -2.41. The van der Waals surface area contributed by atoms with Gasteiger partial charge in [-0.2, -0.15) is 23.1 Å². The van der Waals surface area contributed by atoms with E-state index in [2.05, 4.69) is 28.7 Å². The van der Waals surface area contributed by atoms with Crippen LogP contribution in [-0.4, -0.2) is 91.2 Å². The van der Waals surface area contributed by atoms with Crippen LogP contribution in [0.5, 0.6) is 6.01 Å². The van der Waals surface area contributed by atoms with E-state index in [-0.39, 0.29) is 41.8 Å². The van der Waals surface area contributed by atoms with Crippen LogP contribution in [0.25, 0.3) is 4.85 Å². The van der Waals surface area contributed by atoms with Crippen molar-refractivity contribution in [1.82, 2.24) is 19.8 Å². The molecule has 9 nitrogen and oxygen atoms in total. The van der Waals surface area contributed by atoms with E-state index in [1.807, 2.05) is 0 Å². The van der Waals surface area contributed by atoms with E-state index in [4.69, 9.17) is 32.9 Å². The summed E-state index contributed by atoms with van der Waals surface area (Å²) in [5, 5.41) is -0.345. The third-order valence-electron chi connectivity index (χ3n) is 9.01. The van der Waals surface area contributed by atoms with E-state index < -0.39 is 11.7 Å². The van der Waals surface area contributed by atoms with Crippen LogP contribution in [0.3, 0.4) is 0 Å². The maximum atomic E-state index is 14.1. The zero-order valence-electron chi connectivity index (χ0n) is 25.9. The molecule has 0 unspecified atom stereocenters. The number of benzene rings is 1. The summed E-state index contributed by atoms with van der Waals surface area (Å²) in [7, 11) is 4.16. The van der Waals surface area contributed by atoms with Crippen LogP contribution in [0.1, 0.15) is 43.0 Å². The smallest absolute Gasteiger partial charge is 0.419 e. The van der Waals surface area contributed by atoms with Crippen molar-refractivity contribution in [3.05, 3.63) is 63.6 Å². The Bertz CT molecular complexity index is 1460. The lowest BCUT2D eigenvalue weighted by molar-refractivity contribution is -0.137. The number of allylic oxidation sites excluding steroid dienone is 1. The van der Waals surface area contributed by atoms with E-state index in [9.17, 15) is 18.0 Å². The van der Waals surface area contributed by atoms with Gasteiger partial charge in [0, 0.05) is 37.8 Å². The molecule has 45 heavy (non-hydrogen) atoms. The molecule has 242 valence electrons. The standard InChI is InChI=1S/C32H39ClF3N7O2/c1-5-7-28(44)43-15-14-42(18-23(43)17-37-2)30-24-12-13-41(27-9-6-8-25(33)29(27)32(34,35)36)19-26(24)38-31(39-30)45-20-21-10-11-22(16-21)40(3)4/h5-9,21-23H,10-20H2,1,3-4H3/b7-5+/t21-,22+,23-/m0/s1. The summed E-state index contributed by atoms with van der Waals surface area (Å²) in [6.07, 6.45) is 2.12. The fraction of sp³-hybridized carbons (Fsp3) is 0.562. The molecular formula is C32H39ClF3N7O2. The SMILES string of the molecule is [C-]#[N+]C[C@H]1CN(c2nc(OC[C@H]3CC[C@@H](N(C)C)C3)nc3c2CCN(c2cccc(Cl)c2C(F)(F)F)C3)CCN1C(=O)/C=C/C. The Kier molecular flexibility index (Phi) is 10.1. The number of hydrogen-bond acceptors (Lipinski definition) is 7. The van der Waals surface area contributed by atoms with Gasteiger partial charge in [-0.1, -0.05) is 23.7 Å². The Hall–Kier alpha value is -3.56. The summed E-state index contributed by atoms with van der Waals surface area (Å²) < 4.78 is 48.4. The summed E-state index contributed by atoms with van der Waals surface area (Å²) in [6.45, 7) is 11.6. The minimum absolute atomic E-state index is 0.0113. The quantitative estimate of drug-likeness (QED) is 0.284. The van der Waals surface area contributed by atoms with Gasteiger partial charge in [0.15, 0.2) is 0 Å². The highest BCUT2D eigenvalue weighted by Gasteiger charge is 2.39. The molecule has 1 saturated carbocycles. The number of alkyl halides is 3. The van der Waals surface area contributed by atoms with Crippen LogP contribution < -0.4 is 14.5 Å². The number of halogens is 4. The molecule has 2 fully saturated rings. The van der Waals surface area contributed by atoms with Gasteiger partial charge in [0.25, 0.3) is 0 Å². The van der Waals surface area contributed by atoms with E-state index in [1.165, 1.54) is 24.3 Å². The van der Waals surface area contributed by atoms with E-state index in [0.29, 0.717) is 62.7 Å². The normalized spacial score (nSPS) is 22.2. The van der Waals surface area contributed by atoms with Crippen LogP contribution in [0.2, 0.25) is 5.02 Å². The van der Waals surface area contributed by atoms with Crippen LogP contribution >= 0.6 is 11.6 Å². The summed E-state index contributed by atoms with van der Waals surface area (Å²) in [5.74, 6) is 0.870. The number of anilines is 2. The molecule has 0 N–H and O–H groups in total. The molecule has 5 rings (SSSR count). The van der Waals surface area contributed by atoms with E-state index in [1.54, 1.807) is 22.8 Å². The zero-order chi connectivity index (χ0) is 32.3. The lowest BCUT2D eigenvalue weighted by atomic mass is 10.0. The highest BCUT2D eigenvalue weighted by atomic mass is 35.5. The lowest BCUT2D eigenvalue weighted by Crippen LogP contribution is -2.56. The number of nitrogens with zero attached hydrogens (tertiary/aromatic N) is 7. The third-order valence-corrected chi connectivity index (χ3v) is 9.32. The molecule has 3 atom stereocenters. The summed E-state index contributed by atoms with van der Waals surface area (Å²) in [4.78, 5) is 33.6. The second-order valence-electron chi connectivity index (χ2n) is 12.1. The Morgan fingerprint density at radius 1 is 1.20 bits per heavy atom.